The van der Waals surface area contributed by atoms with Crippen molar-refractivity contribution in [3.05, 3.63) is 35.4 Å². The highest BCUT2D eigenvalue weighted by atomic mass is 35.5. The van der Waals surface area contributed by atoms with Gasteiger partial charge in [0.2, 0.25) is 0 Å². The first kappa shape index (κ1) is 13.9. The van der Waals surface area contributed by atoms with Crippen molar-refractivity contribution < 1.29 is 0 Å². The van der Waals surface area contributed by atoms with Gasteiger partial charge in [0.25, 0.3) is 0 Å². The van der Waals surface area contributed by atoms with Crippen LogP contribution in [0.5, 0.6) is 0 Å². The number of likely N-dealkylation sites (tertiary alicyclic amines) is 1. The fourth-order valence-corrected chi connectivity index (χ4v) is 3.10. The molecule has 1 N–H and O–H groups in total. The second-order valence-corrected chi connectivity index (χ2v) is 5.41. The lowest BCUT2D eigenvalue weighted by Crippen LogP contribution is -2.46. The lowest BCUT2D eigenvalue weighted by molar-refractivity contribution is 0.201. The van der Waals surface area contributed by atoms with Gasteiger partial charge < -0.3 is 10.2 Å². The molecule has 18 heavy (non-hydrogen) atoms. The normalized spacial score (nSPS) is 24.1. The lowest BCUT2D eigenvalue weighted by atomic mass is 9.95. The monoisotopic (exact) mass is 266 g/mol. The van der Waals surface area contributed by atoms with Crippen molar-refractivity contribution in [2.75, 3.05) is 19.6 Å². The minimum Gasteiger partial charge on any atom is -0.308 e. The van der Waals surface area contributed by atoms with Gasteiger partial charge in [-0.25, -0.2) is 0 Å². The molecular weight excluding hydrogens is 244 g/mol. The number of nitrogens with one attached hydrogen (secondary N) is 1. The Hall–Kier alpha value is -0.570. The molecule has 0 spiro atoms. The summed E-state index contributed by atoms with van der Waals surface area (Å²) >= 11 is 0. The zero-order valence-electron chi connectivity index (χ0n) is 10.9. The molecule has 2 aliphatic rings. The summed E-state index contributed by atoms with van der Waals surface area (Å²) < 4.78 is 0. The topological polar surface area (TPSA) is 15.3 Å². The van der Waals surface area contributed by atoms with Crippen LogP contribution in [0.4, 0.5) is 0 Å². The molecular formula is C15H23ClN2. The van der Waals surface area contributed by atoms with Crippen LogP contribution in [0.3, 0.4) is 0 Å². The van der Waals surface area contributed by atoms with E-state index in [0.717, 1.165) is 6.54 Å². The number of benzene rings is 1. The average Bonchev–Trinajstić information content (AvgIpc) is 2.40. The van der Waals surface area contributed by atoms with Crippen LogP contribution in [-0.2, 0) is 13.0 Å². The predicted octanol–water partition coefficient (Wildman–Crippen LogP) is 2.61. The van der Waals surface area contributed by atoms with E-state index in [4.69, 9.17) is 0 Å². The highest BCUT2D eigenvalue weighted by molar-refractivity contribution is 5.85. The first-order chi connectivity index (χ1) is 8.42. The molecule has 0 radical (unpaired) electrons. The Kier molecular flexibility index (Phi) is 5.04. The molecule has 0 saturated carbocycles. The Labute approximate surface area is 116 Å². The largest absolute Gasteiger partial charge is 0.308 e. The van der Waals surface area contributed by atoms with Gasteiger partial charge in [-0.05, 0) is 43.5 Å². The van der Waals surface area contributed by atoms with Crippen LogP contribution in [0.2, 0.25) is 0 Å². The number of piperidine rings is 1. The molecule has 1 aromatic rings. The standard InChI is InChI=1S/C15H22N2.ClH/c1-4-8-17(9-5-1)12-15-10-13-6-2-3-7-14(13)11-16-15;/h2-3,6-7,15-16H,1,4-5,8-12H2;1H/t15-;/m0./s1. The number of fused-ring (bicyclic) bond motifs is 1. The van der Waals surface area contributed by atoms with Crippen LogP contribution in [-0.4, -0.2) is 30.6 Å². The summed E-state index contributed by atoms with van der Waals surface area (Å²) in [4.78, 5) is 2.63. The maximum absolute atomic E-state index is 3.68. The molecule has 0 amide bonds. The number of halogens is 1. The van der Waals surface area contributed by atoms with E-state index >= 15 is 0 Å². The number of hydrogen-bond donors (Lipinski definition) is 1. The zero-order valence-corrected chi connectivity index (χ0v) is 11.7. The van der Waals surface area contributed by atoms with E-state index in [1.807, 2.05) is 0 Å². The van der Waals surface area contributed by atoms with E-state index in [1.165, 1.54) is 50.9 Å². The van der Waals surface area contributed by atoms with E-state index in [9.17, 15) is 0 Å². The van der Waals surface area contributed by atoms with E-state index in [1.54, 1.807) is 5.56 Å². The minimum absolute atomic E-state index is 0. The third-order valence-corrected chi connectivity index (χ3v) is 4.09. The van der Waals surface area contributed by atoms with Crippen LogP contribution >= 0.6 is 12.4 Å². The molecule has 1 saturated heterocycles. The fraction of sp³-hybridized carbons (Fsp3) is 0.600. The Morgan fingerprint density at radius 3 is 2.56 bits per heavy atom. The SMILES string of the molecule is Cl.c1ccc2c(c1)CN[C@H](CN1CCCCC1)C2. The van der Waals surface area contributed by atoms with Crippen molar-refractivity contribution in [3.63, 3.8) is 0 Å². The van der Waals surface area contributed by atoms with Crippen molar-refractivity contribution in [1.82, 2.24) is 10.2 Å². The van der Waals surface area contributed by atoms with Crippen LogP contribution in [0.25, 0.3) is 0 Å². The molecule has 1 aromatic carbocycles. The Morgan fingerprint density at radius 2 is 1.78 bits per heavy atom. The minimum atomic E-state index is 0. The first-order valence-electron chi connectivity index (χ1n) is 6.94. The summed E-state index contributed by atoms with van der Waals surface area (Å²) in [5.74, 6) is 0. The highest BCUT2D eigenvalue weighted by Crippen LogP contribution is 2.18. The molecule has 1 fully saturated rings. The Bertz CT molecular complexity index is 375. The maximum atomic E-state index is 3.68. The molecule has 2 heterocycles. The van der Waals surface area contributed by atoms with Crippen LogP contribution < -0.4 is 5.32 Å². The van der Waals surface area contributed by atoms with Gasteiger partial charge in [-0.3, -0.25) is 0 Å². The predicted molar refractivity (Wildman–Crippen MR) is 78.3 cm³/mol. The highest BCUT2D eigenvalue weighted by Gasteiger charge is 2.20. The second kappa shape index (κ2) is 6.55. The van der Waals surface area contributed by atoms with Crippen molar-refractivity contribution in [3.8, 4) is 0 Å². The summed E-state index contributed by atoms with van der Waals surface area (Å²) in [6, 6.07) is 9.51. The summed E-state index contributed by atoms with van der Waals surface area (Å²) in [5.41, 5.74) is 3.04. The lowest BCUT2D eigenvalue weighted by Gasteiger charge is -2.33. The number of rotatable bonds is 2. The molecule has 3 heteroatoms. The van der Waals surface area contributed by atoms with Crippen LogP contribution in [0.15, 0.2) is 24.3 Å². The molecule has 2 aliphatic heterocycles. The molecule has 100 valence electrons. The molecule has 0 bridgehead atoms. The van der Waals surface area contributed by atoms with Gasteiger partial charge >= 0.3 is 0 Å². The molecule has 3 rings (SSSR count). The quantitative estimate of drug-likeness (QED) is 0.885. The molecule has 2 nitrogen and oxygen atoms in total. The third kappa shape index (κ3) is 3.25. The molecule has 0 aliphatic carbocycles. The first-order valence-corrected chi connectivity index (χ1v) is 6.94. The van der Waals surface area contributed by atoms with Gasteiger partial charge in [0, 0.05) is 19.1 Å². The van der Waals surface area contributed by atoms with Gasteiger partial charge in [-0.15, -0.1) is 12.4 Å². The van der Waals surface area contributed by atoms with E-state index in [2.05, 4.69) is 34.5 Å². The van der Waals surface area contributed by atoms with Gasteiger partial charge in [0.15, 0.2) is 0 Å². The Morgan fingerprint density at radius 1 is 1.06 bits per heavy atom. The van der Waals surface area contributed by atoms with Gasteiger partial charge in [0.1, 0.15) is 0 Å². The number of nitrogens with zero attached hydrogens (tertiary/aromatic N) is 1. The molecule has 0 aromatic heterocycles. The molecule has 0 unspecified atom stereocenters. The van der Waals surface area contributed by atoms with Gasteiger partial charge in [-0.1, -0.05) is 30.7 Å². The van der Waals surface area contributed by atoms with Crippen molar-refractivity contribution in [2.45, 2.75) is 38.3 Å². The van der Waals surface area contributed by atoms with Crippen molar-refractivity contribution >= 4 is 12.4 Å². The summed E-state index contributed by atoms with van der Waals surface area (Å²) in [7, 11) is 0. The van der Waals surface area contributed by atoms with Crippen LogP contribution in [0, 0.1) is 0 Å². The van der Waals surface area contributed by atoms with Crippen molar-refractivity contribution in [1.29, 1.82) is 0 Å². The zero-order chi connectivity index (χ0) is 11.5. The van der Waals surface area contributed by atoms with E-state index in [-0.39, 0.29) is 12.4 Å². The fourth-order valence-electron chi connectivity index (χ4n) is 3.10. The van der Waals surface area contributed by atoms with Crippen molar-refractivity contribution in [2.24, 2.45) is 0 Å². The number of hydrogen-bond acceptors (Lipinski definition) is 2. The van der Waals surface area contributed by atoms with Crippen LogP contribution in [0.1, 0.15) is 30.4 Å². The van der Waals surface area contributed by atoms with E-state index < -0.39 is 0 Å². The smallest absolute Gasteiger partial charge is 0.0238 e. The maximum Gasteiger partial charge on any atom is 0.0238 e. The second-order valence-electron chi connectivity index (χ2n) is 5.41. The third-order valence-electron chi connectivity index (χ3n) is 4.09. The molecule has 1 atom stereocenters. The van der Waals surface area contributed by atoms with Gasteiger partial charge in [0.05, 0.1) is 0 Å². The summed E-state index contributed by atoms with van der Waals surface area (Å²) in [5, 5.41) is 3.68. The van der Waals surface area contributed by atoms with E-state index in [0.29, 0.717) is 6.04 Å². The Balaban J connectivity index is 0.00000120. The summed E-state index contributed by atoms with van der Waals surface area (Å²) in [6.07, 6.45) is 5.41. The average molecular weight is 267 g/mol. The van der Waals surface area contributed by atoms with Gasteiger partial charge in [-0.2, -0.15) is 0 Å². The summed E-state index contributed by atoms with van der Waals surface area (Å²) in [6.45, 7) is 4.89.